The lowest BCUT2D eigenvalue weighted by molar-refractivity contribution is 0.0992. The van der Waals surface area contributed by atoms with Crippen molar-refractivity contribution < 1.29 is 9.18 Å². The van der Waals surface area contributed by atoms with Gasteiger partial charge in [0.05, 0.1) is 5.56 Å². The van der Waals surface area contributed by atoms with Crippen molar-refractivity contribution in [3.05, 3.63) is 63.0 Å². The Kier molecular flexibility index (Phi) is 4.19. The largest absolute Gasteiger partial charge is 0.311 e. The average molecular weight is 369 g/mol. The SMILES string of the molecule is Cc1cccc(N(C)C(=O)c2ccc(F)cc2I)c1. The molecule has 4 heteroatoms. The second-order valence-electron chi connectivity index (χ2n) is 4.33. The van der Waals surface area contributed by atoms with Crippen molar-refractivity contribution in [3.63, 3.8) is 0 Å². The molecule has 0 saturated heterocycles. The van der Waals surface area contributed by atoms with Gasteiger partial charge in [-0.25, -0.2) is 4.39 Å². The zero-order valence-electron chi connectivity index (χ0n) is 10.7. The fourth-order valence-corrected chi connectivity index (χ4v) is 2.51. The number of hydrogen-bond donors (Lipinski definition) is 0. The highest BCUT2D eigenvalue weighted by Gasteiger charge is 2.16. The van der Waals surface area contributed by atoms with Crippen LogP contribution in [0.4, 0.5) is 10.1 Å². The van der Waals surface area contributed by atoms with Gasteiger partial charge in [-0.1, -0.05) is 12.1 Å². The number of benzene rings is 2. The maximum absolute atomic E-state index is 13.1. The first-order chi connectivity index (χ1) is 8.99. The zero-order chi connectivity index (χ0) is 14.0. The van der Waals surface area contributed by atoms with Crippen molar-refractivity contribution in [2.75, 3.05) is 11.9 Å². The van der Waals surface area contributed by atoms with E-state index in [-0.39, 0.29) is 11.7 Å². The number of hydrogen-bond acceptors (Lipinski definition) is 1. The minimum Gasteiger partial charge on any atom is -0.311 e. The van der Waals surface area contributed by atoms with Gasteiger partial charge in [-0.2, -0.15) is 0 Å². The first-order valence-electron chi connectivity index (χ1n) is 5.79. The number of rotatable bonds is 2. The Balaban J connectivity index is 2.33. The highest BCUT2D eigenvalue weighted by molar-refractivity contribution is 14.1. The summed E-state index contributed by atoms with van der Waals surface area (Å²) >= 11 is 1.97. The number of nitrogens with zero attached hydrogens (tertiary/aromatic N) is 1. The molecule has 0 unspecified atom stereocenters. The van der Waals surface area contributed by atoms with E-state index in [4.69, 9.17) is 0 Å². The third-order valence-electron chi connectivity index (χ3n) is 2.86. The Morgan fingerprint density at radius 1 is 1.21 bits per heavy atom. The van der Waals surface area contributed by atoms with E-state index in [0.717, 1.165) is 11.3 Å². The van der Waals surface area contributed by atoms with Crippen LogP contribution < -0.4 is 4.90 Å². The van der Waals surface area contributed by atoms with E-state index in [0.29, 0.717) is 9.13 Å². The fourth-order valence-electron chi connectivity index (χ4n) is 1.80. The summed E-state index contributed by atoms with van der Waals surface area (Å²) in [7, 11) is 1.72. The summed E-state index contributed by atoms with van der Waals surface area (Å²) < 4.78 is 13.7. The molecule has 0 aliphatic heterocycles. The molecule has 0 fully saturated rings. The number of amides is 1. The van der Waals surface area contributed by atoms with Crippen molar-refractivity contribution in [2.45, 2.75) is 6.92 Å². The van der Waals surface area contributed by atoms with Gasteiger partial charge in [-0.15, -0.1) is 0 Å². The van der Waals surface area contributed by atoms with E-state index in [1.807, 2.05) is 53.8 Å². The number of carbonyl (C=O) groups excluding carboxylic acids is 1. The highest BCUT2D eigenvalue weighted by atomic mass is 127. The van der Waals surface area contributed by atoms with E-state index in [1.165, 1.54) is 18.2 Å². The summed E-state index contributed by atoms with van der Waals surface area (Å²) in [6.45, 7) is 1.98. The molecule has 0 N–H and O–H groups in total. The normalized spacial score (nSPS) is 10.3. The predicted molar refractivity (Wildman–Crippen MR) is 83.0 cm³/mol. The minimum atomic E-state index is -0.334. The van der Waals surface area contributed by atoms with Crippen LogP contribution in [0.2, 0.25) is 0 Å². The van der Waals surface area contributed by atoms with Gasteiger partial charge < -0.3 is 4.90 Å². The molecule has 19 heavy (non-hydrogen) atoms. The van der Waals surface area contributed by atoms with E-state index >= 15 is 0 Å². The van der Waals surface area contributed by atoms with Gasteiger partial charge in [0.25, 0.3) is 5.91 Å². The molecular formula is C15H13FINO. The Bertz CT molecular complexity index is 627. The van der Waals surface area contributed by atoms with Crippen molar-refractivity contribution in [1.82, 2.24) is 0 Å². The summed E-state index contributed by atoms with van der Waals surface area (Å²) in [4.78, 5) is 14.0. The van der Waals surface area contributed by atoms with Crippen molar-refractivity contribution in [2.24, 2.45) is 0 Å². The number of aryl methyl sites for hydroxylation is 1. The molecule has 0 radical (unpaired) electrons. The van der Waals surface area contributed by atoms with Crippen molar-refractivity contribution in [1.29, 1.82) is 0 Å². The van der Waals surface area contributed by atoms with Crippen molar-refractivity contribution in [3.8, 4) is 0 Å². The quantitative estimate of drug-likeness (QED) is 0.733. The Labute approximate surface area is 125 Å². The van der Waals surface area contributed by atoms with Gasteiger partial charge in [-0.3, -0.25) is 4.79 Å². The number of halogens is 2. The van der Waals surface area contributed by atoms with Crippen LogP contribution >= 0.6 is 22.6 Å². The summed E-state index contributed by atoms with van der Waals surface area (Å²) in [6, 6.07) is 11.9. The molecule has 98 valence electrons. The first kappa shape index (κ1) is 14.0. The molecule has 1 amide bonds. The molecule has 0 heterocycles. The molecule has 2 aromatic rings. The van der Waals surface area contributed by atoms with Crippen LogP contribution in [0.1, 0.15) is 15.9 Å². The molecule has 2 nitrogen and oxygen atoms in total. The first-order valence-corrected chi connectivity index (χ1v) is 6.86. The molecular weight excluding hydrogens is 356 g/mol. The lowest BCUT2D eigenvalue weighted by atomic mass is 10.1. The standard InChI is InChI=1S/C15H13FINO/c1-10-4-3-5-12(8-10)18(2)15(19)13-7-6-11(16)9-14(13)17/h3-9H,1-2H3. The summed E-state index contributed by atoms with van der Waals surface area (Å²) in [5.74, 6) is -0.478. The second-order valence-corrected chi connectivity index (χ2v) is 5.49. The van der Waals surface area contributed by atoms with Gasteiger partial charge in [-0.05, 0) is 65.4 Å². The third-order valence-corrected chi connectivity index (χ3v) is 3.75. The van der Waals surface area contributed by atoms with Crippen LogP contribution in [0.3, 0.4) is 0 Å². The summed E-state index contributed by atoms with van der Waals surface area (Å²) in [5, 5.41) is 0. The van der Waals surface area contributed by atoms with E-state index in [9.17, 15) is 9.18 Å². The lowest BCUT2D eigenvalue weighted by Crippen LogP contribution is -2.27. The zero-order valence-corrected chi connectivity index (χ0v) is 12.8. The third kappa shape index (κ3) is 3.12. The maximum atomic E-state index is 13.1. The Hall–Kier alpha value is -1.43. The smallest absolute Gasteiger partial charge is 0.259 e. The highest BCUT2D eigenvalue weighted by Crippen LogP contribution is 2.20. The van der Waals surface area contributed by atoms with Gasteiger partial charge in [0, 0.05) is 16.3 Å². The monoisotopic (exact) mass is 369 g/mol. The minimum absolute atomic E-state index is 0.144. The van der Waals surface area contributed by atoms with Gasteiger partial charge >= 0.3 is 0 Å². The number of anilines is 1. The summed E-state index contributed by atoms with van der Waals surface area (Å²) in [6.07, 6.45) is 0. The summed E-state index contributed by atoms with van der Waals surface area (Å²) in [5.41, 5.74) is 2.42. The molecule has 0 atom stereocenters. The van der Waals surface area contributed by atoms with Crippen molar-refractivity contribution >= 4 is 34.2 Å². The topological polar surface area (TPSA) is 20.3 Å². The second kappa shape index (κ2) is 5.69. The van der Waals surface area contributed by atoms with E-state index in [2.05, 4.69) is 0 Å². The molecule has 0 aromatic heterocycles. The van der Waals surface area contributed by atoms with Crippen LogP contribution in [-0.4, -0.2) is 13.0 Å². The van der Waals surface area contributed by atoms with Crippen LogP contribution in [-0.2, 0) is 0 Å². The van der Waals surface area contributed by atoms with Gasteiger partial charge in [0.15, 0.2) is 0 Å². The molecule has 0 aliphatic rings. The molecule has 2 rings (SSSR count). The van der Waals surface area contributed by atoms with Crippen LogP contribution in [0.25, 0.3) is 0 Å². The maximum Gasteiger partial charge on any atom is 0.259 e. The Morgan fingerprint density at radius 3 is 2.58 bits per heavy atom. The molecule has 0 aliphatic carbocycles. The van der Waals surface area contributed by atoms with E-state index < -0.39 is 0 Å². The Morgan fingerprint density at radius 2 is 1.95 bits per heavy atom. The lowest BCUT2D eigenvalue weighted by Gasteiger charge is -2.18. The average Bonchev–Trinajstić information content (AvgIpc) is 2.37. The number of carbonyl (C=O) groups is 1. The van der Waals surface area contributed by atoms with Crippen LogP contribution in [0, 0.1) is 16.3 Å². The molecule has 0 bridgehead atoms. The van der Waals surface area contributed by atoms with Gasteiger partial charge in [0.1, 0.15) is 5.82 Å². The van der Waals surface area contributed by atoms with Crippen LogP contribution in [0.5, 0.6) is 0 Å². The molecule has 0 saturated carbocycles. The predicted octanol–water partition coefficient (Wildman–Crippen LogP) is 4.02. The van der Waals surface area contributed by atoms with Gasteiger partial charge in [0.2, 0.25) is 0 Å². The fraction of sp³-hybridized carbons (Fsp3) is 0.133. The van der Waals surface area contributed by atoms with E-state index in [1.54, 1.807) is 11.9 Å². The molecule has 0 spiro atoms. The van der Waals surface area contributed by atoms with Crippen LogP contribution in [0.15, 0.2) is 42.5 Å². The molecule has 2 aromatic carbocycles.